The van der Waals surface area contributed by atoms with Gasteiger partial charge in [0.25, 0.3) is 5.91 Å². The number of nitrogens with one attached hydrogen (secondary N) is 1. The molecule has 2 amide bonds. The third kappa shape index (κ3) is 6.10. The number of rotatable bonds is 7. The zero-order valence-corrected chi connectivity index (χ0v) is 13.7. The number of hydrogen-bond acceptors (Lipinski definition) is 5. The Morgan fingerprint density at radius 3 is 2.30 bits per heavy atom. The minimum absolute atomic E-state index is 0.0676. The highest BCUT2D eigenvalue weighted by Gasteiger charge is 2.27. The Morgan fingerprint density at radius 1 is 1.09 bits per heavy atom. The van der Waals surface area contributed by atoms with Gasteiger partial charge in [0.05, 0.1) is 12.5 Å². The fourth-order valence-electron chi connectivity index (χ4n) is 2.14. The molecule has 126 valence electrons. The first kappa shape index (κ1) is 18.7. The highest BCUT2D eigenvalue weighted by Crippen LogP contribution is 2.28. The number of alkyl carbamates (subject to hydrolysis) is 1. The SMILES string of the molecule is CCOC(=O)NC(=O)COC(=O)[C@H](c1ccccc1)[C@H](C)CC. The summed E-state index contributed by atoms with van der Waals surface area (Å²) in [5, 5.41) is 1.98. The third-order valence-corrected chi connectivity index (χ3v) is 3.49. The maximum Gasteiger partial charge on any atom is 0.413 e. The van der Waals surface area contributed by atoms with Crippen molar-refractivity contribution in [2.75, 3.05) is 13.2 Å². The number of benzene rings is 1. The van der Waals surface area contributed by atoms with E-state index < -0.39 is 30.5 Å². The van der Waals surface area contributed by atoms with E-state index in [4.69, 9.17) is 4.74 Å². The van der Waals surface area contributed by atoms with Crippen LogP contribution in [0.15, 0.2) is 30.3 Å². The highest BCUT2D eigenvalue weighted by molar-refractivity contribution is 5.93. The van der Waals surface area contributed by atoms with Gasteiger partial charge in [-0.1, -0.05) is 50.6 Å². The summed E-state index contributed by atoms with van der Waals surface area (Å²) in [5.74, 6) is -1.58. The smallest absolute Gasteiger partial charge is 0.413 e. The molecule has 0 fully saturated rings. The summed E-state index contributed by atoms with van der Waals surface area (Å²) in [6, 6.07) is 9.29. The summed E-state index contributed by atoms with van der Waals surface area (Å²) in [4.78, 5) is 35.0. The van der Waals surface area contributed by atoms with Gasteiger partial charge in [0.15, 0.2) is 6.61 Å². The van der Waals surface area contributed by atoms with E-state index in [1.54, 1.807) is 6.92 Å². The van der Waals surface area contributed by atoms with E-state index in [1.807, 2.05) is 49.5 Å². The topological polar surface area (TPSA) is 81.7 Å². The molecule has 1 N–H and O–H groups in total. The van der Waals surface area contributed by atoms with Crippen molar-refractivity contribution >= 4 is 18.0 Å². The fourth-order valence-corrected chi connectivity index (χ4v) is 2.14. The summed E-state index contributed by atoms with van der Waals surface area (Å²) in [7, 11) is 0. The Morgan fingerprint density at radius 2 is 1.74 bits per heavy atom. The van der Waals surface area contributed by atoms with Crippen molar-refractivity contribution in [3.63, 3.8) is 0 Å². The standard InChI is InChI=1S/C17H23NO5/c1-4-12(3)15(13-9-7-6-8-10-13)16(20)23-11-14(19)18-17(21)22-5-2/h6-10,12,15H,4-5,11H2,1-3H3,(H,18,19,21)/t12-,15+/m1/s1. The van der Waals surface area contributed by atoms with Crippen LogP contribution in [-0.2, 0) is 19.1 Å². The number of esters is 1. The van der Waals surface area contributed by atoms with Gasteiger partial charge in [0, 0.05) is 0 Å². The summed E-state index contributed by atoms with van der Waals surface area (Å²) >= 11 is 0. The molecule has 6 nitrogen and oxygen atoms in total. The molecule has 2 atom stereocenters. The molecule has 1 aromatic rings. The molecule has 0 aliphatic carbocycles. The average Bonchev–Trinajstić information content (AvgIpc) is 2.54. The van der Waals surface area contributed by atoms with Gasteiger partial charge in [0.2, 0.25) is 0 Å². The molecular weight excluding hydrogens is 298 g/mol. The molecule has 1 rings (SSSR count). The van der Waals surface area contributed by atoms with Crippen molar-refractivity contribution in [3.8, 4) is 0 Å². The van der Waals surface area contributed by atoms with E-state index in [-0.39, 0.29) is 12.5 Å². The Kier molecular flexibility index (Phi) is 7.80. The van der Waals surface area contributed by atoms with Gasteiger partial charge in [-0.2, -0.15) is 0 Å². The number of carbonyl (C=O) groups excluding carboxylic acids is 3. The van der Waals surface area contributed by atoms with Crippen molar-refractivity contribution in [1.29, 1.82) is 0 Å². The molecule has 0 aliphatic rings. The molecule has 0 saturated carbocycles. The van der Waals surface area contributed by atoms with E-state index >= 15 is 0 Å². The molecule has 23 heavy (non-hydrogen) atoms. The first-order valence-corrected chi connectivity index (χ1v) is 7.67. The molecule has 0 unspecified atom stereocenters. The van der Waals surface area contributed by atoms with Gasteiger partial charge in [-0.3, -0.25) is 14.9 Å². The fraction of sp³-hybridized carbons (Fsp3) is 0.471. The molecular formula is C17H23NO5. The molecule has 0 aromatic heterocycles. The lowest BCUT2D eigenvalue weighted by Gasteiger charge is -2.21. The number of ether oxygens (including phenoxy) is 2. The third-order valence-electron chi connectivity index (χ3n) is 3.49. The normalized spacial score (nSPS) is 12.8. The molecule has 1 aromatic carbocycles. The Balaban J connectivity index is 2.65. The number of carbonyl (C=O) groups is 3. The summed E-state index contributed by atoms with van der Waals surface area (Å²) < 4.78 is 9.64. The maximum absolute atomic E-state index is 12.3. The zero-order chi connectivity index (χ0) is 17.2. The van der Waals surface area contributed by atoms with Gasteiger partial charge < -0.3 is 9.47 Å². The van der Waals surface area contributed by atoms with Crippen LogP contribution in [0.3, 0.4) is 0 Å². The lowest BCUT2D eigenvalue weighted by atomic mass is 9.86. The Hall–Kier alpha value is -2.37. The van der Waals surface area contributed by atoms with Crippen molar-refractivity contribution in [2.45, 2.75) is 33.1 Å². The maximum atomic E-state index is 12.3. The van der Waals surface area contributed by atoms with Gasteiger partial charge in [-0.15, -0.1) is 0 Å². The van der Waals surface area contributed by atoms with Crippen LogP contribution in [0.2, 0.25) is 0 Å². The molecule has 0 heterocycles. The second-order valence-corrected chi connectivity index (χ2v) is 5.15. The van der Waals surface area contributed by atoms with Crippen LogP contribution in [0.1, 0.15) is 38.7 Å². The largest absolute Gasteiger partial charge is 0.455 e. The van der Waals surface area contributed by atoms with E-state index in [2.05, 4.69) is 4.74 Å². The lowest BCUT2D eigenvalue weighted by molar-refractivity contribution is -0.151. The van der Waals surface area contributed by atoms with E-state index in [1.165, 1.54) is 0 Å². The van der Waals surface area contributed by atoms with Crippen molar-refractivity contribution in [2.24, 2.45) is 5.92 Å². The van der Waals surface area contributed by atoms with Crippen LogP contribution >= 0.6 is 0 Å². The van der Waals surface area contributed by atoms with Crippen LogP contribution in [0.5, 0.6) is 0 Å². The quantitative estimate of drug-likeness (QED) is 0.781. The number of amides is 2. The van der Waals surface area contributed by atoms with Gasteiger partial charge >= 0.3 is 12.1 Å². The van der Waals surface area contributed by atoms with Crippen molar-refractivity contribution < 1.29 is 23.9 Å². The van der Waals surface area contributed by atoms with E-state index in [9.17, 15) is 14.4 Å². The predicted octanol–water partition coefficient (Wildman–Crippen LogP) is 2.63. The van der Waals surface area contributed by atoms with Crippen molar-refractivity contribution in [1.82, 2.24) is 5.32 Å². The second kappa shape index (κ2) is 9.61. The second-order valence-electron chi connectivity index (χ2n) is 5.15. The molecule has 0 aliphatic heterocycles. The Bertz CT molecular complexity index is 529. The minimum atomic E-state index is -0.852. The van der Waals surface area contributed by atoms with Crippen LogP contribution in [0.25, 0.3) is 0 Å². The molecule has 0 spiro atoms. The molecule has 6 heteroatoms. The highest BCUT2D eigenvalue weighted by atomic mass is 16.6. The van der Waals surface area contributed by atoms with Crippen LogP contribution in [0.4, 0.5) is 4.79 Å². The predicted molar refractivity (Wildman–Crippen MR) is 84.8 cm³/mol. The molecule has 0 radical (unpaired) electrons. The van der Waals surface area contributed by atoms with Gasteiger partial charge in [-0.25, -0.2) is 4.79 Å². The molecule has 0 bridgehead atoms. The van der Waals surface area contributed by atoms with Crippen LogP contribution < -0.4 is 5.32 Å². The van der Waals surface area contributed by atoms with Gasteiger partial charge in [-0.05, 0) is 18.4 Å². The zero-order valence-electron chi connectivity index (χ0n) is 13.7. The first-order valence-electron chi connectivity index (χ1n) is 7.67. The van der Waals surface area contributed by atoms with Crippen LogP contribution in [0, 0.1) is 5.92 Å². The Labute approximate surface area is 136 Å². The van der Waals surface area contributed by atoms with E-state index in [0.717, 1.165) is 12.0 Å². The molecule has 0 saturated heterocycles. The first-order chi connectivity index (χ1) is 11.0. The average molecular weight is 321 g/mol. The summed E-state index contributed by atoms with van der Waals surface area (Å²) in [5.41, 5.74) is 0.845. The lowest BCUT2D eigenvalue weighted by Crippen LogP contribution is -2.35. The number of hydrogen-bond donors (Lipinski definition) is 1. The summed E-state index contributed by atoms with van der Waals surface area (Å²) in [6.45, 7) is 5.21. The van der Waals surface area contributed by atoms with Crippen molar-refractivity contribution in [3.05, 3.63) is 35.9 Å². The number of imide groups is 1. The minimum Gasteiger partial charge on any atom is -0.455 e. The summed E-state index contributed by atoms with van der Waals surface area (Å²) in [6.07, 6.45) is -0.0565. The van der Waals surface area contributed by atoms with Gasteiger partial charge in [0.1, 0.15) is 0 Å². The monoisotopic (exact) mass is 321 g/mol. The van der Waals surface area contributed by atoms with Crippen LogP contribution in [-0.4, -0.2) is 31.2 Å². The van der Waals surface area contributed by atoms with E-state index in [0.29, 0.717) is 0 Å².